The SMILES string of the molecule is CCC(=O)OCC(C)(C)C(=O)OCc1ccccc1. The Balaban J connectivity index is 2.45. The maximum absolute atomic E-state index is 11.9. The lowest BCUT2D eigenvalue weighted by Crippen LogP contribution is -2.32. The zero-order chi connectivity index (χ0) is 14.3. The van der Waals surface area contributed by atoms with Crippen LogP contribution in [-0.4, -0.2) is 18.5 Å². The highest BCUT2D eigenvalue weighted by molar-refractivity contribution is 5.77. The van der Waals surface area contributed by atoms with E-state index in [2.05, 4.69) is 0 Å². The topological polar surface area (TPSA) is 52.6 Å². The lowest BCUT2D eigenvalue weighted by atomic mass is 9.95. The average molecular weight is 264 g/mol. The van der Waals surface area contributed by atoms with Crippen molar-refractivity contribution in [1.29, 1.82) is 0 Å². The summed E-state index contributed by atoms with van der Waals surface area (Å²) < 4.78 is 10.2. The predicted octanol–water partition coefficient (Wildman–Crippen LogP) is 2.71. The minimum atomic E-state index is -0.834. The van der Waals surface area contributed by atoms with Gasteiger partial charge in [-0.3, -0.25) is 9.59 Å². The van der Waals surface area contributed by atoms with Gasteiger partial charge in [0.1, 0.15) is 13.2 Å². The largest absolute Gasteiger partial charge is 0.464 e. The Hall–Kier alpha value is -1.84. The first-order valence-electron chi connectivity index (χ1n) is 6.32. The Kier molecular flexibility index (Phi) is 5.55. The molecule has 0 saturated heterocycles. The minimum absolute atomic E-state index is 0.0350. The van der Waals surface area contributed by atoms with Gasteiger partial charge in [0.15, 0.2) is 0 Å². The fraction of sp³-hybridized carbons (Fsp3) is 0.467. The van der Waals surface area contributed by atoms with E-state index in [0.29, 0.717) is 6.42 Å². The van der Waals surface area contributed by atoms with Crippen molar-refractivity contribution in [2.75, 3.05) is 6.61 Å². The van der Waals surface area contributed by atoms with Crippen LogP contribution < -0.4 is 0 Å². The van der Waals surface area contributed by atoms with Gasteiger partial charge < -0.3 is 9.47 Å². The van der Waals surface area contributed by atoms with Gasteiger partial charge in [-0.2, -0.15) is 0 Å². The summed E-state index contributed by atoms with van der Waals surface area (Å²) in [6.45, 7) is 5.37. The summed E-state index contributed by atoms with van der Waals surface area (Å²) in [7, 11) is 0. The van der Waals surface area contributed by atoms with Gasteiger partial charge in [0.2, 0.25) is 0 Å². The van der Waals surface area contributed by atoms with Crippen LogP contribution in [0.15, 0.2) is 30.3 Å². The maximum atomic E-state index is 11.9. The first kappa shape index (κ1) is 15.2. The second-order valence-electron chi connectivity index (χ2n) is 4.96. The van der Waals surface area contributed by atoms with Gasteiger partial charge in [-0.05, 0) is 19.4 Å². The molecule has 0 aromatic heterocycles. The van der Waals surface area contributed by atoms with E-state index in [0.717, 1.165) is 5.56 Å². The lowest BCUT2D eigenvalue weighted by molar-refractivity contribution is -0.162. The van der Waals surface area contributed by atoms with Crippen molar-refractivity contribution in [3.63, 3.8) is 0 Å². The number of ether oxygens (including phenoxy) is 2. The Morgan fingerprint density at radius 1 is 1.11 bits per heavy atom. The third-order valence-electron chi connectivity index (χ3n) is 2.65. The summed E-state index contributed by atoms with van der Waals surface area (Å²) >= 11 is 0. The van der Waals surface area contributed by atoms with E-state index in [9.17, 15) is 9.59 Å². The van der Waals surface area contributed by atoms with E-state index in [1.54, 1.807) is 20.8 Å². The number of hydrogen-bond donors (Lipinski definition) is 0. The van der Waals surface area contributed by atoms with Gasteiger partial charge >= 0.3 is 11.9 Å². The summed E-state index contributed by atoms with van der Waals surface area (Å²) in [5.74, 6) is -0.691. The molecule has 1 aromatic carbocycles. The fourth-order valence-electron chi connectivity index (χ4n) is 1.34. The number of carbonyl (C=O) groups is 2. The fourth-order valence-corrected chi connectivity index (χ4v) is 1.34. The molecule has 19 heavy (non-hydrogen) atoms. The van der Waals surface area contributed by atoms with Gasteiger partial charge in [0.25, 0.3) is 0 Å². The molecular formula is C15H20O4. The van der Waals surface area contributed by atoms with Crippen molar-refractivity contribution in [3.05, 3.63) is 35.9 Å². The van der Waals surface area contributed by atoms with Crippen molar-refractivity contribution >= 4 is 11.9 Å². The zero-order valence-electron chi connectivity index (χ0n) is 11.6. The Labute approximate surface area is 113 Å². The van der Waals surface area contributed by atoms with Gasteiger partial charge in [0.05, 0.1) is 5.41 Å². The van der Waals surface area contributed by atoms with E-state index in [1.165, 1.54) is 0 Å². The molecular weight excluding hydrogens is 244 g/mol. The van der Waals surface area contributed by atoms with Crippen molar-refractivity contribution < 1.29 is 19.1 Å². The molecule has 0 aliphatic heterocycles. The number of hydrogen-bond acceptors (Lipinski definition) is 4. The molecule has 104 valence electrons. The molecule has 1 aromatic rings. The first-order valence-corrected chi connectivity index (χ1v) is 6.32. The molecule has 0 unspecified atom stereocenters. The molecule has 0 aliphatic carbocycles. The third-order valence-corrected chi connectivity index (χ3v) is 2.65. The standard InChI is InChI=1S/C15H20O4/c1-4-13(16)19-11-15(2,3)14(17)18-10-12-8-6-5-7-9-12/h5-9H,4,10-11H2,1-3H3. The summed E-state index contributed by atoms with van der Waals surface area (Å²) in [5, 5.41) is 0. The molecule has 0 atom stereocenters. The highest BCUT2D eigenvalue weighted by atomic mass is 16.6. The van der Waals surface area contributed by atoms with Gasteiger partial charge in [-0.25, -0.2) is 0 Å². The zero-order valence-corrected chi connectivity index (χ0v) is 11.6. The Morgan fingerprint density at radius 3 is 2.32 bits per heavy atom. The van der Waals surface area contributed by atoms with Gasteiger partial charge in [-0.1, -0.05) is 37.3 Å². The summed E-state index contributed by atoms with van der Waals surface area (Å²) in [6, 6.07) is 9.45. The first-order chi connectivity index (χ1) is 8.95. The van der Waals surface area contributed by atoms with Crippen LogP contribution in [0, 0.1) is 5.41 Å². The van der Waals surface area contributed by atoms with Crippen LogP contribution in [0.4, 0.5) is 0 Å². The second-order valence-corrected chi connectivity index (χ2v) is 4.96. The molecule has 0 amide bonds. The number of benzene rings is 1. The highest BCUT2D eigenvalue weighted by Crippen LogP contribution is 2.19. The minimum Gasteiger partial charge on any atom is -0.464 e. The molecule has 4 heteroatoms. The van der Waals surface area contributed by atoms with Crippen LogP contribution in [-0.2, 0) is 25.7 Å². The summed E-state index contributed by atoms with van der Waals surface area (Å²) in [6.07, 6.45) is 0.301. The molecule has 0 saturated carbocycles. The van der Waals surface area contributed by atoms with Crippen LogP contribution >= 0.6 is 0 Å². The highest BCUT2D eigenvalue weighted by Gasteiger charge is 2.31. The van der Waals surface area contributed by atoms with E-state index in [4.69, 9.17) is 9.47 Å². The van der Waals surface area contributed by atoms with E-state index >= 15 is 0 Å². The number of rotatable bonds is 6. The monoisotopic (exact) mass is 264 g/mol. The average Bonchev–Trinajstić information content (AvgIpc) is 2.43. The van der Waals surface area contributed by atoms with Crippen molar-refractivity contribution in [1.82, 2.24) is 0 Å². The normalized spacial score (nSPS) is 10.9. The molecule has 0 spiro atoms. The van der Waals surface area contributed by atoms with Crippen LogP contribution in [0.5, 0.6) is 0 Å². The molecule has 0 N–H and O–H groups in total. The van der Waals surface area contributed by atoms with Gasteiger partial charge in [-0.15, -0.1) is 0 Å². The third kappa shape index (κ3) is 5.12. The van der Waals surface area contributed by atoms with Crippen molar-refractivity contribution in [2.24, 2.45) is 5.41 Å². The molecule has 0 aliphatic rings. The molecule has 1 rings (SSSR count). The van der Waals surface area contributed by atoms with Crippen LogP contribution in [0.25, 0.3) is 0 Å². The van der Waals surface area contributed by atoms with Crippen molar-refractivity contribution in [2.45, 2.75) is 33.8 Å². The van der Waals surface area contributed by atoms with Crippen LogP contribution in [0.3, 0.4) is 0 Å². The maximum Gasteiger partial charge on any atom is 0.315 e. The van der Waals surface area contributed by atoms with E-state index in [-0.39, 0.29) is 25.2 Å². The van der Waals surface area contributed by atoms with Crippen LogP contribution in [0.1, 0.15) is 32.8 Å². The smallest absolute Gasteiger partial charge is 0.315 e. The van der Waals surface area contributed by atoms with Crippen LogP contribution in [0.2, 0.25) is 0 Å². The van der Waals surface area contributed by atoms with E-state index in [1.807, 2.05) is 30.3 Å². The van der Waals surface area contributed by atoms with Crippen molar-refractivity contribution in [3.8, 4) is 0 Å². The van der Waals surface area contributed by atoms with E-state index < -0.39 is 5.41 Å². The Morgan fingerprint density at radius 2 is 1.74 bits per heavy atom. The molecule has 0 bridgehead atoms. The number of carbonyl (C=O) groups excluding carboxylic acids is 2. The molecule has 4 nitrogen and oxygen atoms in total. The lowest BCUT2D eigenvalue weighted by Gasteiger charge is -2.22. The van der Waals surface area contributed by atoms with Gasteiger partial charge in [0, 0.05) is 6.42 Å². The molecule has 0 radical (unpaired) electrons. The molecule has 0 fully saturated rings. The number of esters is 2. The summed E-state index contributed by atoms with van der Waals surface area (Å²) in [5.41, 5.74) is 0.0942. The predicted molar refractivity (Wildman–Crippen MR) is 71.3 cm³/mol. The molecule has 0 heterocycles. The summed E-state index contributed by atoms with van der Waals surface area (Å²) in [4.78, 5) is 23.0. The second kappa shape index (κ2) is 6.92. The Bertz CT molecular complexity index is 423. The quantitative estimate of drug-likeness (QED) is 0.741.